The van der Waals surface area contributed by atoms with Crippen LogP contribution in [-0.2, 0) is 21.1 Å². The molecule has 11 heteroatoms. The van der Waals surface area contributed by atoms with Crippen molar-refractivity contribution < 1.29 is 26.4 Å². The molecule has 2 aromatic carbocycles. The topological polar surface area (TPSA) is 76.1 Å². The number of rotatable bonds is 7. The Bertz CT molecular complexity index is 1160. The molecule has 1 N–H and O–H groups in total. The number of hydrogen-bond acceptors (Lipinski definition) is 6. The van der Waals surface area contributed by atoms with Crippen LogP contribution in [-0.4, -0.2) is 37.5 Å². The second-order valence-electron chi connectivity index (χ2n) is 6.52. The van der Waals surface area contributed by atoms with Crippen molar-refractivity contribution in [1.82, 2.24) is 4.98 Å². The number of nitrogens with zero attached hydrogens (tertiary/aromatic N) is 1. The number of benzene rings is 2. The summed E-state index contributed by atoms with van der Waals surface area (Å²) >= 11 is 2.33. The minimum Gasteiger partial charge on any atom is -0.326 e. The van der Waals surface area contributed by atoms with E-state index in [1.807, 2.05) is 0 Å². The fourth-order valence-corrected chi connectivity index (χ4v) is 5.33. The van der Waals surface area contributed by atoms with Crippen LogP contribution in [0.5, 0.6) is 0 Å². The Morgan fingerprint density at radius 3 is 2.50 bits per heavy atom. The smallest absolute Gasteiger partial charge is 0.326 e. The van der Waals surface area contributed by atoms with E-state index in [-0.39, 0.29) is 23.0 Å². The highest BCUT2D eigenvalue weighted by Gasteiger charge is 2.26. The van der Waals surface area contributed by atoms with Crippen molar-refractivity contribution in [2.75, 3.05) is 17.3 Å². The summed E-state index contributed by atoms with van der Waals surface area (Å²) in [5.74, 6) is -0.365. The van der Waals surface area contributed by atoms with Gasteiger partial charge in [-0.2, -0.15) is 13.2 Å². The average Bonchev–Trinajstić information content (AvgIpc) is 3.02. The first-order chi connectivity index (χ1) is 14.0. The van der Waals surface area contributed by atoms with Crippen LogP contribution >= 0.6 is 23.1 Å². The summed E-state index contributed by atoms with van der Waals surface area (Å²) < 4.78 is 61.1. The van der Waals surface area contributed by atoms with Crippen molar-refractivity contribution in [1.29, 1.82) is 0 Å². The summed E-state index contributed by atoms with van der Waals surface area (Å²) in [5, 5.41) is 2.77. The summed E-state index contributed by atoms with van der Waals surface area (Å²) in [6.45, 7) is 0. The quantitative estimate of drug-likeness (QED) is 0.492. The number of amides is 1. The molecule has 3 aromatic rings. The lowest BCUT2D eigenvalue weighted by atomic mass is 10.1. The molecule has 0 saturated heterocycles. The van der Waals surface area contributed by atoms with Crippen molar-refractivity contribution >= 4 is 54.7 Å². The van der Waals surface area contributed by atoms with Gasteiger partial charge in [0.15, 0.2) is 14.2 Å². The second-order valence-corrected chi connectivity index (χ2v) is 10.9. The molecule has 0 unspecified atom stereocenters. The fourth-order valence-electron chi connectivity index (χ4n) is 2.54. The van der Waals surface area contributed by atoms with E-state index in [1.54, 1.807) is 30.3 Å². The molecule has 3 rings (SSSR count). The van der Waals surface area contributed by atoms with Gasteiger partial charge in [-0.25, -0.2) is 13.4 Å². The molecule has 1 aromatic heterocycles. The highest BCUT2D eigenvalue weighted by molar-refractivity contribution is 8.01. The van der Waals surface area contributed by atoms with Gasteiger partial charge < -0.3 is 5.32 Å². The van der Waals surface area contributed by atoms with Crippen LogP contribution in [0.3, 0.4) is 0 Å². The summed E-state index contributed by atoms with van der Waals surface area (Å²) in [7, 11) is -3.29. The van der Waals surface area contributed by atoms with Crippen LogP contribution in [0.25, 0.3) is 10.2 Å². The number of hydrogen-bond donors (Lipinski definition) is 1. The molecule has 30 heavy (non-hydrogen) atoms. The van der Waals surface area contributed by atoms with E-state index < -0.39 is 22.4 Å². The van der Waals surface area contributed by atoms with Crippen LogP contribution in [0.15, 0.2) is 51.7 Å². The molecule has 5 nitrogen and oxygen atoms in total. The Hall–Kier alpha value is -2.11. The van der Waals surface area contributed by atoms with Gasteiger partial charge in [-0.05, 0) is 35.9 Å². The molecule has 0 bridgehead atoms. The predicted octanol–water partition coefficient (Wildman–Crippen LogP) is 4.93. The number of thioether (sulfide) groups is 1. The number of sulfone groups is 1. The zero-order chi connectivity index (χ0) is 21.9. The third-order valence-corrected chi connectivity index (χ3v) is 7.27. The number of carbonyl (C=O) groups is 1. The first-order valence-corrected chi connectivity index (χ1v) is 12.4. The average molecular weight is 475 g/mol. The van der Waals surface area contributed by atoms with E-state index in [9.17, 15) is 26.4 Å². The maximum absolute atomic E-state index is 12.3. The van der Waals surface area contributed by atoms with Crippen molar-refractivity contribution in [2.24, 2.45) is 0 Å². The molecule has 0 aliphatic carbocycles. The minimum absolute atomic E-state index is 0.0727. The van der Waals surface area contributed by atoms with Crippen LogP contribution in [0.2, 0.25) is 0 Å². The Kier molecular flexibility index (Phi) is 6.73. The number of thiazole rings is 1. The highest BCUT2D eigenvalue weighted by atomic mass is 32.2. The number of halogens is 3. The first-order valence-electron chi connectivity index (χ1n) is 8.69. The van der Waals surface area contributed by atoms with Gasteiger partial charge in [-0.3, -0.25) is 4.79 Å². The summed E-state index contributed by atoms with van der Waals surface area (Å²) in [4.78, 5) is 16.8. The van der Waals surface area contributed by atoms with E-state index in [4.69, 9.17) is 0 Å². The lowest BCUT2D eigenvalue weighted by Gasteiger charge is -2.06. The Labute approximate surface area is 179 Å². The molecular formula is C19H17F3N2O3S3. The molecule has 0 radical (unpaired) electrons. The lowest BCUT2D eigenvalue weighted by Crippen LogP contribution is -2.14. The van der Waals surface area contributed by atoms with Crippen LogP contribution in [0, 0.1) is 0 Å². The van der Waals surface area contributed by atoms with Crippen molar-refractivity contribution in [2.45, 2.75) is 28.3 Å². The number of fused-ring (bicyclic) bond motifs is 1. The Balaban J connectivity index is 1.61. The van der Waals surface area contributed by atoms with E-state index in [2.05, 4.69) is 10.3 Å². The van der Waals surface area contributed by atoms with Crippen LogP contribution in [0.4, 0.5) is 18.9 Å². The van der Waals surface area contributed by atoms with Gasteiger partial charge >= 0.3 is 6.18 Å². The zero-order valence-electron chi connectivity index (χ0n) is 15.7. The molecule has 0 saturated carbocycles. The molecule has 0 spiro atoms. The van der Waals surface area contributed by atoms with E-state index >= 15 is 0 Å². The van der Waals surface area contributed by atoms with E-state index in [0.717, 1.165) is 22.7 Å². The van der Waals surface area contributed by atoms with Crippen LogP contribution < -0.4 is 5.32 Å². The third kappa shape index (κ3) is 6.44. The van der Waals surface area contributed by atoms with Crippen molar-refractivity contribution in [3.63, 3.8) is 0 Å². The second kappa shape index (κ2) is 8.94. The van der Waals surface area contributed by atoms with Crippen molar-refractivity contribution in [3.05, 3.63) is 48.0 Å². The number of aromatic nitrogens is 1. The van der Waals surface area contributed by atoms with Gasteiger partial charge in [-0.15, -0.1) is 11.3 Å². The molecule has 160 valence electrons. The monoisotopic (exact) mass is 474 g/mol. The third-order valence-electron chi connectivity index (χ3n) is 3.98. The molecule has 0 atom stereocenters. The minimum atomic E-state index is -4.19. The maximum Gasteiger partial charge on any atom is 0.389 e. The van der Waals surface area contributed by atoms with E-state index in [0.29, 0.717) is 21.1 Å². The van der Waals surface area contributed by atoms with Crippen LogP contribution in [0.1, 0.15) is 12.0 Å². The Morgan fingerprint density at radius 2 is 1.87 bits per heavy atom. The molecular weight excluding hydrogens is 457 g/mol. The SMILES string of the molecule is CS(=O)(=O)c1ccc(CC(=O)Nc2ccc3nc(SCCC(F)(F)F)sc3c2)cc1. The summed E-state index contributed by atoms with van der Waals surface area (Å²) in [6.07, 6.45) is -3.87. The maximum atomic E-state index is 12.3. The molecule has 0 aliphatic rings. The number of carbonyl (C=O) groups excluding carboxylic acids is 1. The van der Waals surface area contributed by atoms with Gasteiger partial charge in [-0.1, -0.05) is 23.9 Å². The van der Waals surface area contributed by atoms with Gasteiger partial charge in [0.25, 0.3) is 0 Å². The molecule has 0 fully saturated rings. The number of nitrogens with one attached hydrogen (secondary N) is 1. The largest absolute Gasteiger partial charge is 0.389 e. The van der Waals surface area contributed by atoms with Crippen molar-refractivity contribution in [3.8, 4) is 0 Å². The number of anilines is 1. The molecule has 1 heterocycles. The molecule has 1 amide bonds. The Morgan fingerprint density at radius 1 is 1.17 bits per heavy atom. The molecule has 0 aliphatic heterocycles. The highest BCUT2D eigenvalue weighted by Crippen LogP contribution is 2.33. The van der Waals surface area contributed by atoms with Gasteiger partial charge in [0, 0.05) is 17.7 Å². The number of alkyl halides is 3. The first kappa shape index (κ1) is 22.6. The summed E-state index contributed by atoms with van der Waals surface area (Å²) in [5.41, 5.74) is 1.88. The fraction of sp³-hybridized carbons (Fsp3) is 0.263. The lowest BCUT2D eigenvalue weighted by molar-refractivity contribution is -0.129. The van der Waals surface area contributed by atoms with E-state index in [1.165, 1.54) is 23.5 Å². The van der Waals surface area contributed by atoms with Gasteiger partial charge in [0.1, 0.15) is 0 Å². The zero-order valence-corrected chi connectivity index (χ0v) is 18.1. The predicted molar refractivity (Wildman–Crippen MR) is 113 cm³/mol. The normalized spacial score (nSPS) is 12.3. The summed E-state index contributed by atoms with van der Waals surface area (Å²) in [6, 6.07) is 11.2. The standard InChI is InChI=1S/C19H17F3N2O3S3/c1-30(26,27)14-5-2-12(3-6-14)10-17(25)23-13-4-7-15-16(11-13)29-18(24-15)28-9-8-19(20,21)22/h2-7,11H,8-10H2,1H3,(H,23,25). The van der Waals surface area contributed by atoms with Gasteiger partial charge in [0.05, 0.1) is 28.0 Å². The van der Waals surface area contributed by atoms with Gasteiger partial charge in [0.2, 0.25) is 5.91 Å².